The van der Waals surface area contributed by atoms with Gasteiger partial charge in [-0.1, -0.05) is 24.3 Å². The van der Waals surface area contributed by atoms with Gasteiger partial charge in [0, 0.05) is 17.7 Å². The number of nitrogens with one attached hydrogen (secondary N) is 1. The van der Waals surface area contributed by atoms with Crippen molar-refractivity contribution >= 4 is 11.7 Å². The summed E-state index contributed by atoms with van der Waals surface area (Å²) in [5.41, 5.74) is 0.695. The molecule has 0 saturated heterocycles. The van der Waals surface area contributed by atoms with Gasteiger partial charge in [0.2, 0.25) is 0 Å². The summed E-state index contributed by atoms with van der Waals surface area (Å²) in [4.78, 5) is 26.0. The van der Waals surface area contributed by atoms with Crippen LogP contribution in [0.15, 0.2) is 60.7 Å². The van der Waals surface area contributed by atoms with Gasteiger partial charge in [-0.2, -0.15) is 0 Å². The second kappa shape index (κ2) is 11.4. The van der Waals surface area contributed by atoms with E-state index in [1.807, 2.05) is 13.8 Å². The molecule has 0 heterocycles. The highest BCUT2D eigenvalue weighted by atomic mass is 19.2. The molecule has 0 radical (unpaired) electrons. The van der Waals surface area contributed by atoms with Crippen molar-refractivity contribution in [1.82, 2.24) is 5.32 Å². The fourth-order valence-electron chi connectivity index (χ4n) is 3.35. The van der Waals surface area contributed by atoms with Crippen LogP contribution in [0.1, 0.15) is 51.8 Å². The van der Waals surface area contributed by atoms with Crippen LogP contribution in [0, 0.1) is 11.6 Å². The lowest BCUT2D eigenvalue weighted by molar-refractivity contribution is 0.0908. The molecular formula is C26H25F2NO5. The quantitative estimate of drug-likeness (QED) is 0.429. The van der Waals surface area contributed by atoms with Gasteiger partial charge >= 0.3 is 0 Å². The van der Waals surface area contributed by atoms with E-state index in [2.05, 4.69) is 5.32 Å². The number of benzene rings is 3. The Kier molecular flexibility index (Phi) is 8.32. The summed E-state index contributed by atoms with van der Waals surface area (Å²) in [5.74, 6) is -2.18. The zero-order valence-electron chi connectivity index (χ0n) is 18.8. The van der Waals surface area contributed by atoms with Crippen molar-refractivity contribution in [3.63, 3.8) is 0 Å². The van der Waals surface area contributed by atoms with Crippen molar-refractivity contribution < 1.29 is 33.0 Å². The first-order valence-electron chi connectivity index (χ1n) is 10.8. The van der Waals surface area contributed by atoms with Gasteiger partial charge in [0.15, 0.2) is 28.9 Å². The molecule has 0 aliphatic carbocycles. The summed E-state index contributed by atoms with van der Waals surface area (Å²) >= 11 is 0. The number of hydrogen-bond donors (Lipinski definition) is 2. The maximum atomic E-state index is 13.4. The molecule has 6 nitrogen and oxygen atoms in total. The number of rotatable bonds is 10. The Bertz CT molecular complexity index is 1180. The Balaban J connectivity index is 1.79. The van der Waals surface area contributed by atoms with Gasteiger partial charge in [0.1, 0.15) is 0 Å². The molecule has 0 saturated carbocycles. The lowest BCUT2D eigenvalue weighted by Crippen LogP contribution is -2.29. The van der Waals surface area contributed by atoms with Crippen molar-refractivity contribution in [1.29, 1.82) is 0 Å². The van der Waals surface area contributed by atoms with Gasteiger partial charge < -0.3 is 19.9 Å². The maximum Gasteiger partial charge on any atom is 0.252 e. The topological polar surface area (TPSA) is 84.9 Å². The van der Waals surface area contributed by atoms with Crippen LogP contribution >= 0.6 is 0 Å². The smallest absolute Gasteiger partial charge is 0.252 e. The number of hydrogen-bond acceptors (Lipinski definition) is 5. The van der Waals surface area contributed by atoms with Gasteiger partial charge in [-0.15, -0.1) is 0 Å². The van der Waals surface area contributed by atoms with Crippen molar-refractivity contribution in [2.45, 2.75) is 20.0 Å². The largest absolute Gasteiger partial charge is 0.490 e. The Hall–Kier alpha value is -3.78. The van der Waals surface area contributed by atoms with E-state index in [0.29, 0.717) is 30.3 Å². The van der Waals surface area contributed by atoms with Gasteiger partial charge in [0.05, 0.1) is 24.9 Å². The van der Waals surface area contributed by atoms with Crippen LogP contribution in [0.25, 0.3) is 0 Å². The fraction of sp³-hybridized carbons (Fsp3) is 0.231. The molecule has 0 unspecified atom stereocenters. The number of amides is 1. The van der Waals surface area contributed by atoms with Crippen LogP contribution in [0.4, 0.5) is 8.78 Å². The van der Waals surface area contributed by atoms with E-state index in [0.717, 1.165) is 12.1 Å². The van der Waals surface area contributed by atoms with Crippen LogP contribution in [0.5, 0.6) is 11.5 Å². The first kappa shape index (κ1) is 24.9. The van der Waals surface area contributed by atoms with Crippen molar-refractivity contribution in [3.05, 3.63) is 94.6 Å². The third-order valence-electron chi connectivity index (χ3n) is 5.01. The predicted octanol–water partition coefficient (Wildman–Crippen LogP) is 4.46. The Labute approximate surface area is 196 Å². The number of carbonyl (C=O) groups is 2. The van der Waals surface area contributed by atoms with E-state index in [1.54, 1.807) is 30.3 Å². The molecule has 8 heteroatoms. The third-order valence-corrected chi connectivity index (χ3v) is 5.01. The molecule has 0 bridgehead atoms. The number of ketones is 1. The minimum atomic E-state index is -1.26. The maximum absolute atomic E-state index is 13.4. The summed E-state index contributed by atoms with van der Waals surface area (Å²) in [7, 11) is 0. The number of carbonyl (C=O) groups excluding carboxylic acids is 2. The molecule has 0 aromatic heterocycles. The second-order valence-electron chi connectivity index (χ2n) is 7.30. The van der Waals surface area contributed by atoms with Crippen LogP contribution in [0.2, 0.25) is 0 Å². The van der Waals surface area contributed by atoms with Crippen LogP contribution in [-0.2, 0) is 0 Å². The normalized spacial score (nSPS) is 11.6. The van der Waals surface area contributed by atoms with E-state index in [1.165, 1.54) is 18.2 Å². The first-order valence-corrected chi connectivity index (χ1v) is 10.8. The minimum absolute atomic E-state index is 0.108. The van der Waals surface area contributed by atoms with Gasteiger partial charge in [-0.05, 0) is 55.8 Å². The molecule has 1 amide bonds. The van der Waals surface area contributed by atoms with E-state index >= 15 is 0 Å². The number of aliphatic hydroxyl groups excluding tert-OH is 1. The second-order valence-corrected chi connectivity index (χ2v) is 7.30. The highest BCUT2D eigenvalue weighted by Crippen LogP contribution is 2.30. The number of aliphatic hydroxyl groups is 1. The zero-order chi connectivity index (χ0) is 24.7. The van der Waals surface area contributed by atoms with E-state index in [-0.39, 0.29) is 23.2 Å². The average Bonchev–Trinajstić information content (AvgIpc) is 2.85. The summed E-state index contributed by atoms with van der Waals surface area (Å²) in [6, 6.07) is 14.1. The molecule has 178 valence electrons. The summed E-state index contributed by atoms with van der Waals surface area (Å²) < 4.78 is 37.6. The number of halogens is 2. The summed E-state index contributed by atoms with van der Waals surface area (Å²) in [5, 5.41) is 12.8. The van der Waals surface area contributed by atoms with Crippen molar-refractivity contribution in [2.24, 2.45) is 0 Å². The molecular weight excluding hydrogens is 444 g/mol. The molecule has 3 rings (SSSR count). The summed E-state index contributed by atoms with van der Waals surface area (Å²) in [6.07, 6.45) is -1.26. The molecule has 0 aliphatic rings. The molecule has 0 spiro atoms. The first-order chi connectivity index (χ1) is 16.3. The van der Waals surface area contributed by atoms with Crippen LogP contribution in [0.3, 0.4) is 0 Å². The minimum Gasteiger partial charge on any atom is -0.490 e. The molecule has 1 atom stereocenters. The SMILES string of the molecule is CCOc1ccc(C(=O)c2ccccc2C(=O)NC[C@@H](O)c2ccc(F)c(F)c2)cc1OCC. The number of ether oxygens (including phenoxy) is 2. The standard InChI is InChI=1S/C26H25F2NO5/c1-3-33-23-12-10-17(14-24(23)34-4-2)25(31)18-7-5-6-8-19(18)26(32)29-15-22(30)16-9-11-20(27)21(28)13-16/h5-14,22,30H,3-4,15H2,1-2H3,(H,29,32)/t22-/m1/s1. The molecule has 3 aromatic rings. The van der Waals surface area contributed by atoms with Gasteiger partial charge in [-0.3, -0.25) is 9.59 Å². The highest BCUT2D eigenvalue weighted by Gasteiger charge is 2.20. The van der Waals surface area contributed by atoms with Crippen LogP contribution < -0.4 is 14.8 Å². The Morgan fingerprint density at radius 3 is 2.24 bits per heavy atom. The summed E-state index contributed by atoms with van der Waals surface area (Å²) in [6.45, 7) is 4.22. The third kappa shape index (κ3) is 5.77. The predicted molar refractivity (Wildman–Crippen MR) is 122 cm³/mol. The molecule has 0 fully saturated rings. The highest BCUT2D eigenvalue weighted by molar-refractivity contribution is 6.15. The van der Waals surface area contributed by atoms with Gasteiger partial charge in [-0.25, -0.2) is 8.78 Å². The molecule has 34 heavy (non-hydrogen) atoms. The lowest BCUT2D eigenvalue weighted by Gasteiger charge is -2.15. The monoisotopic (exact) mass is 469 g/mol. The molecule has 2 N–H and O–H groups in total. The van der Waals surface area contributed by atoms with Crippen LogP contribution in [-0.4, -0.2) is 36.6 Å². The van der Waals surface area contributed by atoms with E-state index in [4.69, 9.17) is 9.47 Å². The Morgan fingerprint density at radius 2 is 1.56 bits per heavy atom. The lowest BCUT2D eigenvalue weighted by atomic mass is 9.97. The van der Waals surface area contributed by atoms with Crippen molar-refractivity contribution in [3.8, 4) is 11.5 Å². The molecule has 3 aromatic carbocycles. The Morgan fingerprint density at radius 1 is 0.882 bits per heavy atom. The van der Waals surface area contributed by atoms with E-state index < -0.39 is 29.4 Å². The average molecular weight is 469 g/mol. The van der Waals surface area contributed by atoms with Crippen molar-refractivity contribution in [2.75, 3.05) is 19.8 Å². The fourth-order valence-corrected chi connectivity index (χ4v) is 3.35. The van der Waals surface area contributed by atoms with Gasteiger partial charge in [0.25, 0.3) is 5.91 Å². The van der Waals surface area contributed by atoms with E-state index in [9.17, 15) is 23.5 Å². The zero-order valence-corrected chi connectivity index (χ0v) is 18.8. The molecule has 0 aliphatic heterocycles.